The zero-order valence-corrected chi connectivity index (χ0v) is 24.2. The fraction of sp³-hybridized carbons (Fsp3) is 0.176. The number of aliphatic carboxylic acids is 1. The van der Waals surface area contributed by atoms with E-state index < -0.39 is 64.8 Å². The van der Waals surface area contributed by atoms with Gasteiger partial charge in [0.15, 0.2) is 11.6 Å². The first-order chi connectivity index (χ1) is 22.1. The van der Waals surface area contributed by atoms with Gasteiger partial charge in [-0.2, -0.15) is 26.3 Å². The molecular weight excluding hydrogens is 632 g/mol. The first-order valence-electron chi connectivity index (χ1n) is 13.9. The molecule has 1 unspecified atom stereocenters. The van der Waals surface area contributed by atoms with Gasteiger partial charge >= 0.3 is 18.3 Å². The molecule has 0 spiro atoms. The van der Waals surface area contributed by atoms with E-state index in [0.29, 0.717) is 23.6 Å². The van der Waals surface area contributed by atoms with Crippen molar-refractivity contribution in [3.63, 3.8) is 0 Å². The molecule has 13 heteroatoms. The van der Waals surface area contributed by atoms with Crippen LogP contribution in [0, 0.1) is 0 Å². The lowest BCUT2D eigenvalue weighted by Gasteiger charge is -2.19. The number of carboxylic acid groups (broad SMARTS) is 1. The Morgan fingerprint density at radius 1 is 0.681 bits per heavy atom. The molecule has 4 rings (SSSR count). The maximum Gasteiger partial charge on any atom is 0.416 e. The molecule has 0 radical (unpaired) electrons. The van der Waals surface area contributed by atoms with E-state index in [1.54, 1.807) is 30.3 Å². The van der Waals surface area contributed by atoms with Gasteiger partial charge in [-0.15, -0.1) is 0 Å². The molecule has 0 fully saturated rings. The number of carbonyl (C=O) groups is 4. The van der Waals surface area contributed by atoms with E-state index in [1.165, 1.54) is 48.5 Å². The van der Waals surface area contributed by atoms with Gasteiger partial charge in [0.1, 0.15) is 11.5 Å². The summed E-state index contributed by atoms with van der Waals surface area (Å²) >= 11 is 0. The van der Waals surface area contributed by atoms with Crippen molar-refractivity contribution in [2.45, 2.75) is 31.1 Å². The summed E-state index contributed by atoms with van der Waals surface area (Å²) in [7, 11) is 0. The van der Waals surface area contributed by atoms with E-state index in [9.17, 15) is 45.5 Å². The van der Waals surface area contributed by atoms with Crippen molar-refractivity contribution in [2.24, 2.45) is 0 Å². The third-order valence-corrected chi connectivity index (χ3v) is 6.93. The lowest BCUT2D eigenvalue weighted by Crippen LogP contribution is -2.26. The summed E-state index contributed by atoms with van der Waals surface area (Å²) in [6, 6.07) is 19.9. The largest absolute Gasteiger partial charge is 0.481 e. The van der Waals surface area contributed by atoms with Crippen LogP contribution in [-0.4, -0.2) is 35.1 Å². The molecule has 2 N–H and O–H groups in total. The van der Waals surface area contributed by atoms with Crippen molar-refractivity contribution in [1.29, 1.82) is 0 Å². The van der Waals surface area contributed by atoms with Gasteiger partial charge in [0.25, 0.3) is 5.91 Å². The number of para-hydroxylation sites is 1. The summed E-state index contributed by atoms with van der Waals surface area (Å²) in [4.78, 5) is 50.2. The Morgan fingerprint density at radius 2 is 1.21 bits per heavy atom. The predicted octanol–water partition coefficient (Wildman–Crippen LogP) is 7.96. The summed E-state index contributed by atoms with van der Waals surface area (Å²) in [6.07, 6.45) is -11.4. The normalized spacial score (nSPS) is 12.2. The average molecular weight is 658 g/mol. The molecule has 0 saturated heterocycles. The lowest BCUT2D eigenvalue weighted by atomic mass is 9.84. The number of Topliss-reactive ketones (excluding diaryl/α,β-unsaturated/α-hetero) is 2. The van der Waals surface area contributed by atoms with E-state index >= 15 is 0 Å². The zero-order chi connectivity index (χ0) is 34.4. The van der Waals surface area contributed by atoms with Gasteiger partial charge in [-0.1, -0.05) is 30.3 Å². The fourth-order valence-corrected chi connectivity index (χ4v) is 4.55. The van der Waals surface area contributed by atoms with Gasteiger partial charge in [0.2, 0.25) is 0 Å². The van der Waals surface area contributed by atoms with Crippen LogP contribution in [0.15, 0.2) is 97.1 Å². The molecule has 7 nitrogen and oxygen atoms in total. The number of carbonyl (C=O) groups excluding carboxylic acids is 3. The van der Waals surface area contributed by atoms with Gasteiger partial charge in [-0.3, -0.25) is 19.2 Å². The number of amides is 1. The Hall–Kier alpha value is -5.46. The van der Waals surface area contributed by atoms with Crippen molar-refractivity contribution in [2.75, 3.05) is 6.54 Å². The van der Waals surface area contributed by atoms with E-state index in [2.05, 4.69) is 5.32 Å². The van der Waals surface area contributed by atoms with Crippen LogP contribution in [0.5, 0.6) is 11.5 Å². The average Bonchev–Trinajstić information content (AvgIpc) is 3.03. The summed E-state index contributed by atoms with van der Waals surface area (Å²) in [5, 5.41) is 11.1. The summed E-state index contributed by atoms with van der Waals surface area (Å²) < 4.78 is 87.1. The highest BCUT2D eigenvalue weighted by Crippen LogP contribution is 2.38. The molecule has 0 saturated carbocycles. The molecule has 4 aromatic rings. The highest BCUT2D eigenvalue weighted by molar-refractivity contribution is 6.06. The molecule has 4 aromatic carbocycles. The van der Waals surface area contributed by atoms with Crippen LogP contribution >= 0.6 is 0 Å². The molecule has 244 valence electrons. The number of hydrogen-bond acceptors (Lipinski definition) is 5. The van der Waals surface area contributed by atoms with Gasteiger partial charge in [-0.05, 0) is 72.3 Å². The van der Waals surface area contributed by atoms with E-state index in [4.69, 9.17) is 9.84 Å². The molecule has 0 aromatic heterocycles. The number of carboxylic acids is 1. The summed E-state index contributed by atoms with van der Waals surface area (Å²) in [5.74, 6) is -4.28. The highest BCUT2D eigenvalue weighted by atomic mass is 19.4. The van der Waals surface area contributed by atoms with Crippen LogP contribution in [0.1, 0.15) is 66.5 Å². The number of ether oxygens (including phenoxy) is 1. The Labute approximate surface area is 263 Å². The Kier molecular flexibility index (Phi) is 10.5. The van der Waals surface area contributed by atoms with Crippen LogP contribution in [0.25, 0.3) is 0 Å². The molecule has 0 heterocycles. The van der Waals surface area contributed by atoms with Gasteiger partial charge in [-0.25, -0.2) is 0 Å². The molecule has 1 amide bonds. The molecule has 47 heavy (non-hydrogen) atoms. The maximum atomic E-state index is 13.7. The van der Waals surface area contributed by atoms with Crippen molar-refractivity contribution >= 4 is 23.4 Å². The lowest BCUT2D eigenvalue weighted by molar-refractivity contribution is -0.143. The number of alkyl halides is 6. The predicted molar refractivity (Wildman–Crippen MR) is 156 cm³/mol. The third kappa shape index (κ3) is 9.28. The van der Waals surface area contributed by atoms with Crippen molar-refractivity contribution in [1.82, 2.24) is 5.32 Å². The number of benzene rings is 4. The van der Waals surface area contributed by atoms with Gasteiger partial charge < -0.3 is 15.2 Å². The SMILES string of the molecule is O=C(O)CCNC(=O)c1ccc(C(CC(=O)c2ccc(Oc3ccccc3)cc2)C(=O)c2cc(C(F)(F)F)cc(C(F)(F)F)c2)cc1. The van der Waals surface area contributed by atoms with Crippen LogP contribution in [0.3, 0.4) is 0 Å². The Bertz CT molecular complexity index is 1720. The Morgan fingerprint density at radius 3 is 1.74 bits per heavy atom. The Balaban J connectivity index is 1.67. The van der Waals surface area contributed by atoms with Crippen molar-refractivity contribution < 1.29 is 55.4 Å². The van der Waals surface area contributed by atoms with Crippen LogP contribution in [-0.2, 0) is 17.1 Å². The molecule has 0 aliphatic carbocycles. The first kappa shape index (κ1) is 34.4. The molecular formula is C34H25F6NO6. The number of hydrogen-bond donors (Lipinski definition) is 2. The molecule has 0 aliphatic rings. The fourth-order valence-electron chi connectivity index (χ4n) is 4.55. The van der Waals surface area contributed by atoms with Gasteiger partial charge in [0.05, 0.1) is 23.5 Å². The topological polar surface area (TPSA) is 110 Å². The minimum absolute atomic E-state index is 0.0316. The first-order valence-corrected chi connectivity index (χ1v) is 13.9. The summed E-state index contributed by atoms with van der Waals surface area (Å²) in [5.41, 5.74) is -4.12. The molecule has 0 bridgehead atoms. The van der Waals surface area contributed by atoms with E-state index in [1.807, 2.05) is 0 Å². The second kappa shape index (κ2) is 14.3. The van der Waals surface area contributed by atoms with E-state index in [-0.39, 0.29) is 35.7 Å². The number of halogens is 6. The van der Waals surface area contributed by atoms with Crippen molar-refractivity contribution in [3.05, 3.63) is 130 Å². The third-order valence-electron chi connectivity index (χ3n) is 6.93. The molecule has 0 aliphatic heterocycles. The standard InChI is InChI=1S/C34H25F6NO6/c35-33(36,37)24-16-23(17-25(18-24)34(38,39)40)31(45)28(20-6-8-22(9-7-20)32(46)41-15-14-30(43)44)19-29(42)21-10-12-27(13-11-21)47-26-4-2-1-3-5-26/h1-13,16-18,28H,14-15,19H2,(H,41,46)(H,43,44). The minimum Gasteiger partial charge on any atom is -0.481 e. The highest BCUT2D eigenvalue weighted by Gasteiger charge is 2.38. The van der Waals surface area contributed by atoms with Crippen LogP contribution in [0.4, 0.5) is 26.3 Å². The zero-order valence-electron chi connectivity index (χ0n) is 24.2. The quantitative estimate of drug-likeness (QED) is 0.118. The smallest absolute Gasteiger partial charge is 0.416 e. The van der Waals surface area contributed by atoms with Crippen molar-refractivity contribution in [3.8, 4) is 11.5 Å². The van der Waals surface area contributed by atoms with Crippen LogP contribution in [0.2, 0.25) is 0 Å². The monoisotopic (exact) mass is 657 g/mol. The second-order valence-electron chi connectivity index (χ2n) is 10.3. The number of ketones is 2. The number of rotatable bonds is 12. The van der Waals surface area contributed by atoms with Gasteiger partial charge in [0, 0.05) is 29.7 Å². The summed E-state index contributed by atoms with van der Waals surface area (Å²) in [6.45, 7) is -0.183. The van der Waals surface area contributed by atoms with Crippen LogP contribution < -0.4 is 10.1 Å². The minimum atomic E-state index is -5.21. The molecule has 1 atom stereocenters. The maximum absolute atomic E-state index is 13.7. The number of nitrogens with one attached hydrogen (secondary N) is 1. The van der Waals surface area contributed by atoms with E-state index in [0.717, 1.165) is 0 Å². The second-order valence-corrected chi connectivity index (χ2v) is 10.3.